The third-order valence-electron chi connectivity index (χ3n) is 4.42. The number of aromatic nitrogens is 1. The third kappa shape index (κ3) is 3.82. The fraction of sp³-hybridized carbons (Fsp3) is 0.389. The molecular weight excluding hydrogens is 370 g/mol. The minimum Gasteiger partial charge on any atom is -0.493 e. The molecule has 0 N–H and O–H groups in total. The average Bonchev–Trinajstić information content (AvgIpc) is 3.26. The molecule has 0 bridgehead atoms. The van der Waals surface area contributed by atoms with Crippen molar-refractivity contribution in [3.8, 4) is 17.2 Å². The van der Waals surface area contributed by atoms with Crippen LogP contribution in [0.5, 0.6) is 17.2 Å². The molecule has 1 aliphatic rings. The lowest BCUT2D eigenvalue weighted by Gasteiger charge is -2.34. The number of ether oxygens (including phenoxy) is 3. The number of nitrogens with zero attached hydrogens (tertiary/aromatic N) is 3. The smallest absolute Gasteiger partial charge is 0.273 e. The van der Waals surface area contributed by atoms with Gasteiger partial charge in [0, 0.05) is 37.1 Å². The Hall–Kier alpha value is -2.81. The molecule has 1 aliphatic heterocycles. The molecule has 1 fully saturated rings. The van der Waals surface area contributed by atoms with Crippen molar-refractivity contribution in [2.45, 2.75) is 0 Å². The van der Waals surface area contributed by atoms with Crippen LogP contribution in [0.1, 0.15) is 20.8 Å². The number of amides is 2. The summed E-state index contributed by atoms with van der Waals surface area (Å²) >= 11 is 1.39. The first kappa shape index (κ1) is 19.0. The standard InChI is InChI=1S/C18H21N3O5S/c1-24-14-8-12(9-15(25-2)16(14)26-3)17(22)20-4-6-21(7-5-20)18(23)13-10-27-11-19-13/h8-11H,4-7H2,1-3H3. The van der Waals surface area contributed by atoms with E-state index in [1.165, 1.54) is 32.7 Å². The lowest BCUT2D eigenvalue weighted by molar-refractivity contribution is 0.0532. The number of carbonyl (C=O) groups is 2. The number of rotatable bonds is 5. The Kier molecular flexibility index (Phi) is 5.80. The first-order valence-corrected chi connectivity index (χ1v) is 9.30. The predicted octanol–water partition coefficient (Wildman–Crippen LogP) is 1.77. The van der Waals surface area contributed by atoms with Gasteiger partial charge in [-0.25, -0.2) is 4.98 Å². The van der Waals surface area contributed by atoms with Crippen LogP contribution in [0.25, 0.3) is 0 Å². The number of carbonyl (C=O) groups excluding carboxylic acids is 2. The van der Waals surface area contributed by atoms with Crippen molar-refractivity contribution in [3.05, 3.63) is 34.3 Å². The lowest BCUT2D eigenvalue weighted by Crippen LogP contribution is -2.50. The van der Waals surface area contributed by atoms with Crippen molar-refractivity contribution in [1.82, 2.24) is 14.8 Å². The zero-order chi connectivity index (χ0) is 19.4. The van der Waals surface area contributed by atoms with Crippen molar-refractivity contribution >= 4 is 23.2 Å². The molecule has 0 spiro atoms. The molecule has 1 saturated heterocycles. The van der Waals surface area contributed by atoms with Crippen LogP contribution >= 0.6 is 11.3 Å². The Morgan fingerprint density at radius 1 is 0.926 bits per heavy atom. The van der Waals surface area contributed by atoms with Crippen molar-refractivity contribution in [2.24, 2.45) is 0 Å². The maximum atomic E-state index is 12.9. The molecule has 1 aromatic heterocycles. The van der Waals surface area contributed by atoms with Gasteiger partial charge in [0.2, 0.25) is 5.75 Å². The highest BCUT2D eigenvalue weighted by molar-refractivity contribution is 7.07. The second-order valence-corrected chi connectivity index (χ2v) is 6.59. The fourth-order valence-corrected chi connectivity index (χ4v) is 3.51. The van der Waals surface area contributed by atoms with Crippen LogP contribution in [-0.4, -0.2) is 74.1 Å². The molecule has 0 unspecified atom stereocenters. The topological polar surface area (TPSA) is 81.2 Å². The highest BCUT2D eigenvalue weighted by Gasteiger charge is 2.27. The van der Waals surface area contributed by atoms with Crippen LogP contribution < -0.4 is 14.2 Å². The van der Waals surface area contributed by atoms with Crippen molar-refractivity contribution in [1.29, 1.82) is 0 Å². The molecule has 9 heteroatoms. The Bertz CT molecular complexity index is 791. The second-order valence-electron chi connectivity index (χ2n) is 5.87. The molecule has 8 nitrogen and oxygen atoms in total. The number of hydrogen-bond donors (Lipinski definition) is 0. The molecule has 0 radical (unpaired) electrons. The minimum absolute atomic E-state index is 0.101. The van der Waals surface area contributed by atoms with Crippen LogP contribution in [0.2, 0.25) is 0 Å². The molecule has 2 aromatic rings. The third-order valence-corrected chi connectivity index (χ3v) is 5.00. The zero-order valence-electron chi connectivity index (χ0n) is 15.4. The summed E-state index contributed by atoms with van der Waals surface area (Å²) in [4.78, 5) is 32.8. The predicted molar refractivity (Wildman–Crippen MR) is 100 cm³/mol. The summed E-state index contributed by atoms with van der Waals surface area (Å²) < 4.78 is 15.9. The summed E-state index contributed by atoms with van der Waals surface area (Å²) in [5.41, 5.74) is 2.53. The Balaban J connectivity index is 1.71. The van der Waals surface area contributed by atoms with E-state index in [9.17, 15) is 9.59 Å². The maximum absolute atomic E-state index is 12.9. The summed E-state index contributed by atoms with van der Waals surface area (Å²) in [6.07, 6.45) is 0. The number of hydrogen-bond acceptors (Lipinski definition) is 7. The number of benzene rings is 1. The van der Waals surface area contributed by atoms with Gasteiger partial charge in [0.1, 0.15) is 5.69 Å². The average molecular weight is 391 g/mol. The molecule has 3 rings (SSSR count). The second kappa shape index (κ2) is 8.26. The molecule has 0 saturated carbocycles. The van der Waals surface area contributed by atoms with E-state index in [0.29, 0.717) is 54.7 Å². The van der Waals surface area contributed by atoms with E-state index in [-0.39, 0.29) is 11.8 Å². The molecule has 144 valence electrons. The SMILES string of the molecule is COc1cc(C(=O)N2CCN(C(=O)c3cscn3)CC2)cc(OC)c1OC. The van der Waals surface area contributed by atoms with Gasteiger partial charge in [-0.15, -0.1) is 11.3 Å². The number of methoxy groups -OCH3 is 3. The van der Waals surface area contributed by atoms with Crippen molar-refractivity contribution < 1.29 is 23.8 Å². The van der Waals surface area contributed by atoms with Gasteiger partial charge in [-0.2, -0.15) is 0 Å². The Morgan fingerprint density at radius 3 is 1.93 bits per heavy atom. The number of piperazine rings is 1. The van der Waals surface area contributed by atoms with E-state index in [1.54, 1.807) is 32.8 Å². The van der Waals surface area contributed by atoms with Gasteiger partial charge in [-0.1, -0.05) is 0 Å². The summed E-state index contributed by atoms with van der Waals surface area (Å²) in [6, 6.07) is 3.27. The van der Waals surface area contributed by atoms with E-state index in [0.717, 1.165) is 0 Å². The van der Waals surface area contributed by atoms with Gasteiger partial charge in [-0.05, 0) is 12.1 Å². The van der Waals surface area contributed by atoms with Crippen LogP contribution in [0.4, 0.5) is 0 Å². The van der Waals surface area contributed by atoms with Gasteiger partial charge in [0.25, 0.3) is 11.8 Å². The van der Waals surface area contributed by atoms with Gasteiger partial charge in [0.15, 0.2) is 11.5 Å². The van der Waals surface area contributed by atoms with Crippen LogP contribution in [0.15, 0.2) is 23.0 Å². The quantitative estimate of drug-likeness (QED) is 0.773. The van der Waals surface area contributed by atoms with Gasteiger partial charge in [0.05, 0.1) is 26.8 Å². The van der Waals surface area contributed by atoms with Gasteiger partial charge in [-0.3, -0.25) is 9.59 Å². The highest BCUT2D eigenvalue weighted by atomic mass is 32.1. The summed E-state index contributed by atoms with van der Waals surface area (Å²) in [5.74, 6) is 1.05. The van der Waals surface area contributed by atoms with E-state index in [1.807, 2.05) is 0 Å². The van der Waals surface area contributed by atoms with Crippen LogP contribution in [0, 0.1) is 0 Å². The van der Waals surface area contributed by atoms with Gasteiger partial charge < -0.3 is 24.0 Å². The maximum Gasteiger partial charge on any atom is 0.273 e. The molecule has 27 heavy (non-hydrogen) atoms. The number of thiazole rings is 1. The molecule has 2 heterocycles. The zero-order valence-corrected chi connectivity index (χ0v) is 16.2. The van der Waals surface area contributed by atoms with Crippen LogP contribution in [0.3, 0.4) is 0 Å². The molecule has 0 atom stereocenters. The molecular formula is C18H21N3O5S. The van der Waals surface area contributed by atoms with E-state index in [4.69, 9.17) is 14.2 Å². The Morgan fingerprint density at radius 2 is 1.48 bits per heavy atom. The monoisotopic (exact) mass is 391 g/mol. The molecule has 0 aliphatic carbocycles. The summed E-state index contributed by atoms with van der Waals surface area (Å²) in [5, 5.41) is 1.73. The lowest BCUT2D eigenvalue weighted by atomic mass is 10.1. The van der Waals surface area contributed by atoms with Crippen molar-refractivity contribution in [2.75, 3.05) is 47.5 Å². The summed E-state index contributed by atoms with van der Waals surface area (Å²) in [7, 11) is 4.53. The van der Waals surface area contributed by atoms with Gasteiger partial charge >= 0.3 is 0 Å². The Labute approximate surface area is 161 Å². The normalized spacial score (nSPS) is 14.0. The first-order valence-electron chi connectivity index (χ1n) is 8.35. The first-order chi connectivity index (χ1) is 13.1. The molecule has 1 aromatic carbocycles. The van der Waals surface area contributed by atoms with E-state index in [2.05, 4.69) is 4.98 Å². The largest absolute Gasteiger partial charge is 0.493 e. The molecule has 2 amide bonds. The summed E-state index contributed by atoms with van der Waals surface area (Å²) in [6.45, 7) is 1.83. The fourth-order valence-electron chi connectivity index (χ4n) is 2.98. The highest BCUT2D eigenvalue weighted by Crippen LogP contribution is 2.38. The van der Waals surface area contributed by atoms with Crippen LogP contribution in [-0.2, 0) is 0 Å². The van der Waals surface area contributed by atoms with E-state index >= 15 is 0 Å². The van der Waals surface area contributed by atoms with Crippen molar-refractivity contribution in [3.63, 3.8) is 0 Å². The minimum atomic E-state index is -0.144. The van der Waals surface area contributed by atoms with E-state index < -0.39 is 0 Å².